The van der Waals surface area contributed by atoms with Gasteiger partial charge in [-0.1, -0.05) is 12.1 Å². The molecule has 0 amide bonds. The SMILES string of the molecule is Cc1ccc([C@H](N)CO)c([N+](=O)[O-])c1. The minimum atomic E-state index is -0.698. The van der Waals surface area contributed by atoms with Gasteiger partial charge in [0.2, 0.25) is 0 Å². The third-order valence-corrected chi connectivity index (χ3v) is 1.98. The Kier molecular flexibility index (Phi) is 3.16. The van der Waals surface area contributed by atoms with Gasteiger partial charge in [0.1, 0.15) is 0 Å². The number of hydrogen-bond donors (Lipinski definition) is 2. The van der Waals surface area contributed by atoms with Crippen LogP contribution in [0.1, 0.15) is 17.2 Å². The summed E-state index contributed by atoms with van der Waals surface area (Å²) in [6.07, 6.45) is 0. The van der Waals surface area contributed by atoms with Crippen molar-refractivity contribution in [2.24, 2.45) is 5.73 Å². The van der Waals surface area contributed by atoms with E-state index in [2.05, 4.69) is 0 Å². The summed E-state index contributed by atoms with van der Waals surface area (Å²) in [5.74, 6) is 0. The average Bonchev–Trinajstić information content (AvgIpc) is 2.16. The van der Waals surface area contributed by atoms with Gasteiger partial charge in [0.15, 0.2) is 0 Å². The average molecular weight is 196 g/mol. The molecule has 3 N–H and O–H groups in total. The van der Waals surface area contributed by atoms with Crippen LogP contribution in [0, 0.1) is 17.0 Å². The van der Waals surface area contributed by atoms with Gasteiger partial charge in [0, 0.05) is 11.6 Å². The van der Waals surface area contributed by atoms with Crippen LogP contribution in [0.5, 0.6) is 0 Å². The number of nitro benzene ring substituents is 1. The topological polar surface area (TPSA) is 89.4 Å². The van der Waals surface area contributed by atoms with Crippen molar-refractivity contribution in [1.82, 2.24) is 0 Å². The van der Waals surface area contributed by atoms with Crippen LogP contribution in [0.25, 0.3) is 0 Å². The van der Waals surface area contributed by atoms with Crippen molar-refractivity contribution in [1.29, 1.82) is 0 Å². The molecule has 0 saturated carbocycles. The molecular weight excluding hydrogens is 184 g/mol. The molecule has 0 aliphatic rings. The Hall–Kier alpha value is -1.46. The predicted octanol–water partition coefficient (Wildman–Crippen LogP) is 0.895. The van der Waals surface area contributed by atoms with Crippen LogP contribution in [0.15, 0.2) is 18.2 Å². The Morgan fingerprint density at radius 1 is 1.64 bits per heavy atom. The van der Waals surface area contributed by atoms with Gasteiger partial charge in [-0.3, -0.25) is 10.1 Å². The van der Waals surface area contributed by atoms with Crippen LogP contribution in [0.4, 0.5) is 5.69 Å². The molecule has 0 bridgehead atoms. The van der Waals surface area contributed by atoms with Crippen molar-refractivity contribution in [2.45, 2.75) is 13.0 Å². The summed E-state index contributed by atoms with van der Waals surface area (Å²) >= 11 is 0. The zero-order chi connectivity index (χ0) is 10.7. The Morgan fingerprint density at radius 3 is 2.79 bits per heavy atom. The lowest BCUT2D eigenvalue weighted by Gasteiger charge is -2.09. The van der Waals surface area contributed by atoms with Crippen LogP contribution < -0.4 is 5.73 Å². The third-order valence-electron chi connectivity index (χ3n) is 1.98. The molecular formula is C9H12N2O3. The minimum absolute atomic E-state index is 0.0356. The molecule has 0 fully saturated rings. The molecule has 0 saturated heterocycles. The van der Waals surface area contributed by atoms with Crippen LogP contribution in [0.2, 0.25) is 0 Å². The molecule has 0 aliphatic heterocycles. The second-order valence-corrected chi connectivity index (χ2v) is 3.11. The molecule has 1 rings (SSSR count). The highest BCUT2D eigenvalue weighted by molar-refractivity contribution is 5.44. The summed E-state index contributed by atoms with van der Waals surface area (Å²) < 4.78 is 0. The molecule has 14 heavy (non-hydrogen) atoms. The monoisotopic (exact) mass is 196 g/mol. The standard InChI is InChI=1S/C9H12N2O3/c1-6-2-3-7(8(10)5-12)9(4-6)11(13)14/h2-4,8,12H,5,10H2,1H3/t8-/m1/s1. The quantitative estimate of drug-likeness (QED) is 0.555. The van der Waals surface area contributed by atoms with Crippen LogP contribution in [0.3, 0.4) is 0 Å². The van der Waals surface area contributed by atoms with Crippen molar-refractivity contribution in [3.63, 3.8) is 0 Å². The fourth-order valence-corrected chi connectivity index (χ4v) is 1.22. The lowest BCUT2D eigenvalue weighted by Crippen LogP contribution is -2.16. The largest absolute Gasteiger partial charge is 0.394 e. The number of benzene rings is 1. The van der Waals surface area contributed by atoms with Gasteiger partial charge in [0.05, 0.1) is 17.6 Å². The summed E-state index contributed by atoms with van der Waals surface area (Å²) in [6.45, 7) is 1.46. The molecule has 0 aromatic heterocycles. The molecule has 5 nitrogen and oxygen atoms in total. The second kappa shape index (κ2) is 4.17. The number of hydrogen-bond acceptors (Lipinski definition) is 4. The maximum Gasteiger partial charge on any atom is 0.274 e. The first-order valence-electron chi connectivity index (χ1n) is 4.17. The zero-order valence-corrected chi connectivity index (χ0v) is 7.80. The summed E-state index contributed by atoms with van der Waals surface area (Å²) in [6, 6.07) is 4.06. The number of rotatable bonds is 3. The molecule has 0 aliphatic carbocycles. The first-order valence-corrected chi connectivity index (χ1v) is 4.17. The Bertz CT molecular complexity index is 352. The van der Waals surface area contributed by atoms with E-state index in [1.165, 1.54) is 6.07 Å². The number of aliphatic hydroxyl groups excluding tert-OH is 1. The Labute approximate surface area is 81.3 Å². The molecule has 1 aromatic rings. The van der Waals surface area contributed by atoms with Gasteiger partial charge in [0.25, 0.3) is 5.69 Å². The van der Waals surface area contributed by atoms with Crippen molar-refractivity contribution in [2.75, 3.05) is 6.61 Å². The highest BCUT2D eigenvalue weighted by Gasteiger charge is 2.18. The van der Waals surface area contributed by atoms with Crippen LogP contribution in [-0.4, -0.2) is 16.6 Å². The number of nitrogens with two attached hydrogens (primary N) is 1. The van der Waals surface area contributed by atoms with E-state index >= 15 is 0 Å². The number of aliphatic hydroxyl groups is 1. The zero-order valence-electron chi connectivity index (χ0n) is 7.80. The van der Waals surface area contributed by atoms with Gasteiger partial charge >= 0.3 is 0 Å². The molecule has 1 aromatic carbocycles. The van der Waals surface area contributed by atoms with Crippen LogP contribution in [-0.2, 0) is 0 Å². The summed E-state index contributed by atoms with van der Waals surface area (Å²) in [7, 11) is 0. The fourth-order valence-electron chi connectivity index (χ4n) is 1.22. The molecule has 0 heterocycles. The second-order valence-electron chi connectivity index (χ2n) is 3.11. The van der Waals surface area contributed by atoms with Crippen molar-refractivity contribution < 1.29 is 10.0 Å². The van der Waals surface area contributed by atoms with Crippen molar-refractivity contribution in [3.8, 4) is 0 Å². The van der Waals surface area contributed by atoms with Gasteiger partial charge in [-0.05, 0) is 12.5 Å². The molecule has 76 valence electrons. The minimum Gasteiger partial charge on any atom is -0.394 e. The van der Waals surface area contributed by atoms with E-state index in [-0.39, 0.29) is 12.3 Å². The Morgan fingerprint density at radius 2 is 2.29 bits per heavy atom. The summed E-state index contributed by atoms with van der Waals surface area (Å²) in [5, 5.41) is 19.5. The number of nitrogens with zero attached hydrogens (tertiary/aromatic N) is 1. The van der Waals surface area contributed by atoms with Crippen molar-refractivity contribution in [3.05, 3.63) is 39.4 Å². The third kappa shape index (κ3) is 2.07. The van der Waals surface area contributed by atoms with Gasteiger partial charge in [-0.15, -0.1) is 0 Å². The van der Waals surface area contributed by atoms with E-state index in [1.54, 1.807) is 19.1 Å². The van der Waals surface area contributed by atoms with E-state index in [0.29, 0.717) is 5.56 Å². The van der Waals surface area contributed by atoms with Gasteiger partial charge in [-0.25, -0.2) is 0 Å². The number of nitro groups is 1. The predicted molar refractivity (Wildman–Crippen MR) is 51.8 cm³/mol. The van der Waals surface area contributed by atoms with Crippen molar-refractivity contribution >= 4 is 5.69 Å². The maximum absolute atomic E-state index is 10.7. The molecule has 0 spiro atoms. The van der Waals surface area contributed by atoms with E-state index in [1.807, 2.05) is 0 Å². The maximum atomic E-state index is 10.7. The normalized spacial score (nSPS) is 12.5. The van der Waals surface area contributed by atoms with Gasteiger partial charge < -0.3 is 10.8 Å². The molecule has 0 unspecified atom stereocenters. The lowest BCUT2D eigenvalue weighted by atomic mass is 10.0. The highest BCUT2D eigenvalue weighted by atomic mass is 16.6. The van der Waals surface area contributed by atoms with Crippen LogP contribution >= 0.6 is 0 Å². The first kappa shape index (κ1) is 10.6. The summed E-state index contributed by atoms with van der Waals surface area (Å²) in [5.41, 5.74) is 6.65. The summed E-state index contributed by atoms with van der Waals surface area (Å²) in [4.78, 5) is 10.2. The lowest BCUT2D eigenvalue weighted by molar-refractivity contribution is -0.385. The van der Waals surface area contributed by atoms with E-state index in [9.17, 15) is 10.1 Å². The number of aryl methyl sites for hydroxylation is 1. The smallest absolute Gasteiger partial charge is 0.274 e. The van der Waals surface area contributed by atoms with E-state index < -0.39 is 11.0 Å². The molecule has 5 heteroatoms. The highest BCUT2D eigenvalue weighted by Crippen LogP contribution is 2.24. The first-order chi connectivity index (χ1) is 6.56. The molecule has 1 atom stereocenters. The van der Waals surface area contributed by atoms with E-state index in [4.69, 9.17) is 10.8 Å². The van der Waals surface area contributed by atoms with E-state index in [0.717, 1.165) is 5.56 Å². The molecule has 0 radical (unpaired) electrons. The Balaban J connectivity index is 3.21. The fraction of sp³-hybridized carbons (Fsp3) is 0.333. The van der Waals surface area contributed by atoms with Gasteiger partial charge in [-0.2, -0.15) is 0 Å².